The van der Waals surface area contributed by atoms with E-state index in [0.717, 1.165) is 16.5 Å². The van der Waals surface area contributed by atoms with Crippen LogP contribution in [0.3, 0.4) is 0 Å². The lowest BCUT2D eigenvalue weighted by Gasteiger charge is -2.09. The zero-order chi connectivity index (χ0) is 15.7. The van der Waals surface area contributed by atoms with Gasteiger partial charge >= 0.3 is 6.03 Å². The molecule has 0 spiro atoms. The van der Waals surface area contributed by atoms with E-state index in [1.54, 1.807) is 7.05 Å². The highest BCUT2D eigenvalue weighted by Crippen LogP contribution is 2.33. The first-order valence-corrected chi connectivity index (χ1v) is 7.03. The molecule has 6 nitrogen and oxygen atoms in total. The van der Waals surface area contributed by atoms with E-state index in [1.165, 1.54) is 6.20 Å². The van der Waals surface area contributed by atoms with E-state index in [9.17, 15) is 4.79 Å². The van der Waals surface area contributed by atoms with Crippen molar-refractivity contribution in [2.75, 3.05) is 12.4 Å². The number of carbonyl (C=O) groups is 1. The van der Waals surface area contributed by atoms with Gasteiger partial charge in [0, 0.05) is 36.8 Å². The maximum Gasteiger partial charge on any atom is 0.319 e. The number of anilines is 1. The molecule has 0 fully saturated rings. The van der Waals surface area contributed by atoms with E-state index in [0.29, 0.717) is 11.4 Å². The zero-order valence-electron chi connectivity index (χ0n) is 12.1. The van der Waals surface area contributed by atoms with Crippen molar-refractivity contribution in [3.05, 3.63) is 41.9 Å². The average molecular weight is 316 g/mol. The third-order valence-corrected chi connectivity index (χ3v) is 3.57. The molecule has 0 saturated heterocycles. The quantitative estimate of drug-likeness (QED) is 0.714. The molecule has 3 rings (SSSR count). The van der Waals surface area contributed by atoms with Gasteiger partial charge in [0.15, 0.2) is 0 Å². The fourth-order valence-corrected chi connectivity index (χ4v) is 2.51. The summed E-state index contributed by atoms with van der Waals surface area (Å²) in [5, 5.41) is 6.38. The Balaban J connectivity index is 2.21. The van der Waals surface area contributed by atoms with Crippen LogP contribution in [0.1, 0.15) is 0 Å². The summed E-state index contributed by atoms with van der Waals surface area (Å²) < 4.78 is 2.00. The fraction of sp³-hybridized carbons (Fsp3) is 0.133. The van der Waals surface area contributed by atoms with Crippen molar-refractivity contribution in [3.8, 4) is 11.3 Å². The summed E-state index contributed by atoms with van der Waals surface area (Å²) in [5.74, 6) is 0. The number of fused-ring (bicyclic) bond motifs is 1. The Morgan fingerprint density at radius 1 is 1.32 bits per heavy atom. The number of aryl methyl sites for hydroxylation is 1. The lowest BCUT2D eigenvalue weighted by molar-refractivity contribution is 0.254. The van der Waals surface area contributed by atoms with Crippen LogP contribution in [0.5, 0.6) is 0 Å². The topological polar surface area (TPSA) is 71.8 Å². The SMILES string of the molecule is CNC(=O)Nc1cnc(Cl)nc1-c1cn(C)c2ccccc12. The molecule has 0 radical (unpaired) electrons. The number of nitrogens with zero attached hydrogens (tertiary/aromatic N) is 3. The van der Waals surface area contributed by atoms with E-state index < -0.39 is 0 Å². The number of rotatable bonds is 2. The number of hydrogen-bond acceptors (Lipinski definition) is 3. The Kier molecular flexibility index (Phi) is 3.68. The van der Waals surface area contributed by atoms with Gasteiger partial charge in [0.25, 0.3) is 0 Å². The number of hydrogen-bond donors (Lipinski definition) is 2. The standard InChI is InChI=1S/C15H14ClN5O/c1-17-15(22)19-11-7-18-14(16)20-13(11)10-8-21(2)12-6-4-3-5-9(10)12/h3-8H,1-2H3,(H2,17,19,22). The zero-order valence-corrected chi connectivity index (χ0v) is 12.8. The van der Waals surface area contributed by atoms with Crippen LogP contribution in [-0.4, -0.2) is 27.6 Å². The molecular formula is C15H14ClN5O. The van der Waals surface area contributed by atoms with Gasteiger partial charge in [0.2, 0.25) is 5.28 Å². The highest BCUT2D eigenvalue weighted by atomic mass is 35.5. The minimum Gasteiger partial charge on any atom is -0.350 e. The van der Waals surface area contributed by atoms with Crippen LogP contribution in [0.25, 0.3) is 22.2 Å². The minimum atomic E-state index is -0.340. The number of amides is 2. The van der Waals surface area contributed by atoms with Crippen molar-refractivity contribution in [1.29, 1.82) is 0 Å². The van der Waals surface area contributed by atoms with Gasteiger partial charge in [-0.15, -0.1) is 0 Å². The molecule has 2 heterocycles. The second kappa shape index (κ2) is 5.65. The molecule has 0 aliphatic carbocycles. The molecule has 0 atom stereocenters. The van der Waals surface area contributed by atoms with E-state index >= 15 is 0 Å². The summed E-state index contributed by atoms with van der Waals surface area (Å²) in [6.07, 6.45) is 3.46. The Morgan fingerprint density at radius 3 is 2.86 bits per heavy atom. The van der Waals surface area contributed by atoms with Crippen molar-refractivity contribution in [3.63, 3.8) is 0 Å². The smallest absolute Gasteiger partial charge is 0.319 e. The van der Waals surface area contributed by atoms with Crippen LogP contribution in [0, 0.1) is 0 Å². The Labute approximate surface area is 132 Å². The molecule has 22 heavy (non-hydrogen) atoms. The monoisotopic (exact) mass is 315 g/mol. The van der Waals surface area contributed by atoms with Crippen molar-refractivity contribution in [2.24, 2.45) is 7.05 Å². The lowest BCUT2D eigenvalue weighted by atomic mass is 10.1. The first kappa shape index (κ1) is 14.3. The Hall–Kier alpha value is -2.60. The Morgan fingerprint density at radius 2 is 2.09 bits per heavy atom. The van der Waals surface area contributed by atoms with Crippen LogP contribution in [0.4, 0.5) is 10.5 Å². The second-order valence-corrected chi connectivity index (χ2v) is 5.11. The van der Waals surface area contributed by atoms with Crippen LogP contribution in [0.2, 0.25) is 5.28 Å². The molecule has 7 heteroatoms. The molecule has 1 aromatic carbocycles. The molecular weight excluding hydrogens is 302 g/mol. The first-order chi connectivity index (χ1) is 10.6. The molecule has 0 aliphatic heterocycles. The number of para-hydroxylation sites is 1. The first-order valence-electron chi connectivity index (χ1n) is 6.66. The van der Waals surface area contributed by atoms with Gasteiger partial charge in [-0.2, -0.15) is 0 Å². The van der Waals surface area contributed by atoms with E-state index in [4.69, 9.17) is 11.6 Å². The number of urea groups is 1. The Bertz CT molecular complexity index is 858. The number of benzene rings is 1. The van der Waals surface area contributed by atoms with Gasteiger partial charge in [0.05, 0.1) is 11.9 Å². The summed E-state index contributed by atoms with van der Waals surface area (Å²) >= 11 is 5.94. The van der Waals surface area contributed by atoms with E-state index in [1.807, 2.05) is 42.1 Å². The van der Waals surface area contributed by atoms with E-state index in [2.05, 4.69) is 20.6 Å². The summed E-state index contributed by atoms with van der Waals surface area (Å²) in [6, 6.07) is 7.62. The molecule has 3 aromatic rings. The molecule has 0 bridgehead atoms. The van der Waals surface area contributed by atoms with Gasteiger partial charge in [-0.25, -0.2) is 14.8 Å². The minimum absolute atomic E-state index is 0.130. The van der Waals surface area contributed by atoms with E-state index in [-0.39, 0.29) is 11.3 Å². The number of halogens is 1. The van der Waals surface area contributed by atoms with Crippen LogP contribution in [0.15, 0.2) is 36.7 Å². The summed E-state index contributed by atoms with van der Waals surface area (Å²) in [6.45, 7) is 0. The van der Waals surface area contributed by atoms with Crippen molar-refractivity contribution >= 4 is 34.2 Å². The lowest BCUT2D eigenvalue weighted by Crippen LogP contribution is -2.25. The molecule has 2 aromatic heterocycles. The maximum atomic E-state index is 11.6. The van der Waals surface area contributed by atoms with Gasteiger partial charge < -0.3 is 15.2 Å². The summed E-state index contributed by atoms with van der Waals surface area (Å²) in [5.41, 5.74) is 3.03. The molecule has 2 N–H and O–H groups in total. The molecule has 0 unspecified atom stereocenters. The summed E-state index contributed by atoms with van der Waals surface area (Å²) in [7, 11) is 3.50. The van der Waals surface area contributed by atoms with Gasteiger partial charge in [-0.1, -0.05) is 18.2 Å². The van der Waals surface area contributed by atoms with Crippen LogP contribution in [-0.2, 0) is 7.05 Å². The predicted molar refractivity (Wildman–Crippen MR) is 87.0 cm³/mol. The van der Waals surface area contributed by atoms with Crippen LogP contribution >= 0.6 is 11.6 Å². The highest BCUT2D eigenvalue weighted by Gasteiger charge is 2.16. The average Bonchev–Trinajstić information content (AvgIpc) is 2.86. The highest BCUT2D eigenvalue weighted by molar-refractivity contribution is 6.28. The number of carbonyl (C=O) groups excluding carboxylic acids is 1. The van der Waals surface area contributed by atoms with Gasteiger partial charge in [-0.3, -0.25) is 0 Å². The van der Waals surface area contributed by atoms with Crippen molar-refractivity contribution < 1.29 is 4.79 Å². The molecule has 2 amide bonds. The molecule has 112 valence electrons. The normalized spacial score (nSPS) is 10.7. The van der Waals surface area contributed by atoms with Crippen LogP contribution < -0.4 is 10.6 Å². The predicted octanol–water partition coefficient (Wildman–Crippen LogP) is 3.04. The maximum absolute atomic E-state index is 11.6. The third kappa shape index (κ3) is 2.48. The fourth-order valence-electron chi connectivity index (χ4n) is 2.37. The van der Waals surface area contributed by atoms with Crippen molar-refractivity contribution in [2.45, 2.75) is 0 Å². The van der Waals surface area contributed by atoms with Gasteiger partial charge in [-0.05, 0) is 17.7 Å². The number of aromatic nitrogens is 3. The largest absolute Gasteiger partial charge is 0.350 e. The van der Waals surface area contributed by atoms with Crippen molar-refractivity contribution in [1.82, 2.24) is 19.9 Å². The molecule has 0 aliphatic rings. The third-order valence-electron chi connectivity index (χ3n) is 3.39. The second-order valence-electron chi connectivity index (χ2n) is 4.78. The number of nitrogens with one attached hydrogen (secondary N) is 2. The summed E-state index contributed by atoms with van der Waals surface area (Å²) in [4.78, 5) is 19.8. The van der Waals surface area contributed by atoms with Gasteiger partial charge in [0.1, 0.15) is 5.69 Å². The molecule has 0 saturated carbocycles.